The third-order valence-electron chi connectivity index (χ3n) is 4.41. The topological polar surface area (TPSA) is 29.3 Å². The average Bonchev–Trinajstić information content (AvgIpc) is 2.38. The number of nitrogens with zero attached hydrogens (tertiary/aromatic N) is 1. The van der Waals surface area contributed by atoms with Gasteiger partial charge in [0.2, 0.25) is 0 Å². The van der Waals surface area contributed by atoms with E-state index in [0.717, 1.165) is 13.0 Å². The fourth-order valence-corrected chi connectivity index (χ4v) is 3.27. The summed E-state index contributed by atoms with van der Waals surface area (Å²) in [5.74, 6) is 0. The average molecular weight is 274 g/mol. The Morgan fingerprint density at radius 2 is 1.85 bits per heavy atom. The number of likely N-dealkylation sites (tertiary alicyclic amines) is 1. The molecule has 2 atom stereocenters. The third-order valence-corrected chi connectivity index (χ3v) is 4.41. The van der Waals surface area contributed by atoms with E-state index in [-0.39, 0.29) is 11.5 Å². The summed E-state index contributed by atoms with van der Waals surface area (Å²) in [6.07, 6.45) is 3.58. The van der Waals surface area contributed by atoms with E-state index in [9.17, 15) is 0 Å². The summed E-state index contributed by atoms with van der Waals surface area (Å²) in [6, 6.07) is 9.81. The van der Waals surface area contributed by atoms with Crippen LogP contribution >= 0.6 is 0 Å². The standard InChI is InChI=1S/C18H30N2/c1-5-12-20-13-6-7-16(19)17(20)14-8-10-15(11-9-14)18(2,3)4/h8-11,16-17H,5-7,12-13,19H2,1-4H3. The molecule has 2 rings (SSSR count). The van der Waals surface area contributed by atoms with Crippen LogP contribution in [-0.4, -0.2) is 24.0 Å². The zero-order chi connectivity index (χ0) is 14.8. The van der Waals surface area contributed by atoms with Crippen molar-refractivity contribution in [3.63, 3.8) is 0 Å². The lowest BCUT2D eigenvalue weighted by molar-refractivity contribution is 0.128. The van der Waals surface area contributed by atoms with Gasteiger partial charge in [-0.25, -0.2) is 0 Å². The lowest BCUT2D eigenvalue weighted by Crippen LogP contribution is -2.46. The summed E-state index contributed by atoms with van der Waals surface area (Å²) in [5.41, 5.74) is 9.42. The van der Waals surface area contributed by atoms with Crippen molar-refractivity contribution in [1.29, 1.82) is 0 Å². The zero-order valence-electron chi connectivity index (χ0n) is 13.5. The SMILES string of the molecule is CCCN1CCCC(N)C1c1ccc(C(C)(C)C)cc1. The minimum Gasteiger partial charge on any atom is -0.326 e. The van der Waals surface area contributed by atoms with E-state index in [1.165, 1.54) is 30.5 Å². The largest absolute Gasteiger partial charge is 0.326 e. The molecule has 1 aromatic carbocycles. The van der Waals surface area contributed by atoms with Crippen LogP contribution in [0.15, 0.2) is 24.3 Å². The normalized spacial score (nSPS) is 24.9. The Kier molecular flexibility index (Phi) is 4.87. The first-order chi connectivity index (χ1) is 9.43. The Balaban J connectivity index is 2.23. The van der Waals surface area contributed by atoms with Crippen molar-refractivity contribution in [2.24, 2.45) is 5.73 Å². The summed E-state index contributed by atoms with van der Waals surface area (Å²) in [7, 11) is 0. The van der Waals surface area contributed by atoms with Crippen molar-refractivity contribution in [2.45, 2.75) is 64.5 Å². The molecule has 0 spiro atoms. The van der Waals surface area contributed by atoms with Crippen molar-refractivity contribution in [3.8, 4) is 0 Å². The van der Waals surface area contributed by atoms with Crippen LogP contribution in [0.1, 0.15) is 64.1 Å². The fourth-order valence-electron chi connectivity index (χ4n) is 3.27. The highest BCUT2D eigenvalue weighted by Crippen LogP contribution is 2.32. The molecule has 1 fully saturated rings. The molecule has 0 saturated carbocycles. The number of nitrogens with two attached hydrogens (primary N) is 1. The van der Waals surface area contributed by atoms with Crippen LogP contribution in [0.2, 0.25) is 0 Å². The molecule has 2 nitrogen and oxygen atoms in total. The molecule has 1 heterocycles. The maximum absolute atomic E-state index is 6.41. The van der Waals surface area contributed by atoms with Crippen LogP contribution in [-0.2, 0) is 5.41 Å². The molecule has 2 heteroatoms. The van der Waals surface area contributed by atoms with Crippen LogP contribution < -0.4 is 5.73 Å². The second-order valence-electron chi connectivity index (χ2n) is 7.16. The van der Waals surface area contributed by atoms with Gasteiger partial charge in [-0.05, 0) is 48.9 Å². The van der Waals surface area contributed by atoms with E-state index in [4.69, 9.17) is 5.73 Å². The first-order valence-electron chi connectivity index (χ1n) is 8.03. The van der Waals surface area contributed by atoms with Gasteiger partial charge in [0, 0.05) is 12.1 Å². The van der Waals surface area contributed by atoms with E-state index >= 15 is 0 Å². The van der Waals surface area contributed by atoms with Crippen molar-refractivity contribution in [2.75, 3.05) is 13.1 Å². The van der Waals surface area contributed by atoms with E-state index in [0.29, 0.717) is 6.04 Å². The molecule has 1 aliphatic rings. The van der Waals surface area contributed by atoms with E-state index in [1.54, 1.807) is 0 Å². The molecule has 1 saturated heterocycles. The molecule has 2 unspecified atom stereocenters. The fraction of sp³-hybridized carbons (Fsp3) is 0.667. The lowest BCUT2D eigenvalue weighted by atomic mass is 9.84. The van der Waals surface area contributed by atoms with Gasteiger partial charge in [-0.3, -0.25) is 4.90 Å². The smallest absolute Gasteiger partial charge is 0.0499 e. The van der Waals surface area contributed by atoms with Gasteiger partial charge in [0.1, 0.15) is 0 Å². The summed E-state index contributed by atoms with van der Waals surface area (Å²) in [5, 5.41) is 0. The summed E-state index contributed by atoms with van der Waals surface area (Å²) >= 11 is 0. The Morgan fingerprint density at radius 3 is 2.40 bits per heavy atom. The highest BCUT2D eigenvalue weighted by molar-refractivity contribution is 5.30. The molecule has 0 bridgehead atoms. The molecule has 2 N–H and O–H groups in total. The number of rotatable bonds is 3. The molecule has 20 heavy (non-hydrogen) atoms. The highest BCUT2D eigenvalue weighted by Gasteiger charge is 2.29. The van der Waals surface area contributed by atoms with Crippen molar-refractivity contribution >= 4 is 0 Å². The molecule has 112 valence electrons. The summed E-state index contributed by atoms with van der Waals surface area (Å²) in [6.45, 7) is 11.4. The molecular weight excluding hydrogens is 244 g/mol. The van der Waals surface area contributed by atoms with Crippen LogP contribution in [0.5, 0.6) is 0 Å². The molecule has 0 amide bonds. The second kappa shape index (κ2) is 6.28. The van der Waals surface area contributed by atoms with Gasteiger partial charge in [-0.1, -0.05) is 52.0 Å². The number of benzene rings is 1. The maximum Gasteiger partial charge on any atom is 0.0499 e. The lowest BCUT2D eigenvalue weighted by Gasteiger charge is -2.40. The van der Waals surface area contributed by atoms with Crippen LogP contribution in [0.3, 0.4) is 0 Å². The molecule has 1 aliphatic heterocycles. The minimum atomic E-state index is 0.219. The predicted molar refractivity (Wildman–Crippen MR) is 87.0 cm³/mol. The van der Waals surface area contributed by atoms with Crippen LogP contribution in [0, 0.1) is 0 Å². The van der Waals surface area contributed by atoms with Gasteiger partial charge in [0.25, 0.3) is 0 Å². The highest BCUT2D eigenvalue weighted by atomic mass is 15.2. The Hall–Kier alpha value is -0.860. The Morgan fingerprint density at radius 1 is 1.20 bits per heavy atom. The van der Waals surface area contributed by atoms with Crippen molar-refractivity contribution < 1.29 is 0 Å². The predicted octanol–water partition coefficient (Wildman–Crippen LogP) is 3.86. The maximum atomic E-state index is 6.41. The summed E-state index contributed by atoms with van der Waals surface area (Å²) in [4.78, 5) is 2.57. The third kappa shape index (κ3) is 3.42. The van der Waals surface area contributed by atoms with E-state index in [1.807, 2.05) is 0 Å². The van der Waals surface area contributed by atoms with Crippen LogP contribution in [0.25, 0.3) is 0 Å². The number of hydrogen-bond acceptors (Lipinski definition) is 2. The summed E-state index contributed by atoms with van der Waals surface area (Å²) < 4.78 is 0. The number of hydrogen-bond donors (Lipinski definition) is 1. The van der Waals surface area contributed by atoms with Gasteiger partial charge in [0.15, 0.2) is 0 Å². The van der Waals surface area contributed by atoms with Gasteiger partial charge in [-0.15, -0.1) is 0 Å². The van der Waals surface area contributed by atoms with Gasteiger partial charge in [-0.2, -0.15) is 0 Å². The molecular formula is C18H30N2. The van der Waals surface area contributed by atoms with Gasteiger partial charge >= 0.3 is 0 Å². The Bertz CT molecular complexity index is 414. The minimum absolute atomic E-state index is 0.219. The van der Waals surface area contributed by atoms with Gasteiger partial charge in [0.05, 0.1) is 0 Å². The zero-order valence-corrected chi connectivity index (χ0v) is 13.5. The first-order valence-corrected chi connectivity index (χ1v) is 8.03. The quantitative estimate of drug-likeness (QED) is 0.907. The second-order valence-corrected chi connectivity index (χ2v) is 7.16. The molecule has 0 aromatic heterocycles. The van der Waals surface area contributed by atoms with E-state index in [2.05, 4.69) is 56.9 Å². The molecule has 0 radical (unpaired) electrons. The van der Waals surface area contributed by atoms with Crippen molar-refractivity contribution in [3.05, 3.63) is 35.4 Å². The van der Waals surface area contributed by atoms with Gasteiger partial charge < -0.3 is 5.73 Å². The molecule has 1 aromatic rings. The first kappa shape index (κ1) is 15.5. The number of piperidine rings is 1. The monoisotopic (exact) mass is 274 g/mol. The molecule has 0 aliphatic carbocycles. The Labute approximate surface area is 124 Å². The van der Waals surface area contributed by atoms with Crippen molar-refractivity contribution in [1.82, 2.24) is 4.90 Å². The van der Waals surface area contributed by atoms with E-state index < -0.39 is 0 Å². The van der Waals surface area contributed by atoms with Crippen LogP contribution in [0.4, 0.5) is 0 Å².